The smallest absolute Gasteiger partial charge is 0.375 e. The second-order valence-corrected chi connectivity index (χ2v) is 7.98. The first kappa shape index (κ1) is 22.7. The predicted octanol–water partition coefficient (Wildman–Crippen LogP) is 5.50. The lowest BCUT2D eigenvalue weighted by molar-refractivity contribution is -0.141. The molecule has 0 bridgehead atoms. The maximum atomic E-state index is 12.2. The molecule has 30 heavy (non-hydrogen) atoms. The first-order valence-corrected chi connectivity index (χ1v) is 10.7. The van der Waals surface area contributed by atoms with Crippen molar-refractivity contribution in [2.75, 3.05) is 13.2 Å². The van der Waals surface area contributed by atoms with Gasteiger partial charge in [-0.2, -0.15) is 13.2 Å². The first-order chi connectivity index (χ1) is 14.4. The van der Waals surface area contributed by atoms with Crippen molar-refractivity contribution in [1.29, 1.82) is 0 Å². The van der Waals surface area contributed by atoms with Gasteiger partial charge in [-0.15, -0.1) is 0 Å². The lowest BCUT2D eigenvalue weighted by atomic mass is 9.83. The second-order valence-electron chi connectivity index (χ2n) is 7.98. The lowest BCUT2D eigenvalue weighted by Gasteiger charge is -2.38. The van der Waals surface area contributed by atoms with E-state index in [2.05, 4.69) is 27.4 Å². The molecule has 2 fully saturated rings. The monoisotopic (exact) mass is 421 g/mol. The van der Waals surface area contributed by atoms with E-state index >= 15 is 0 Å². The Morgan fingerprint density at radius 2 is 1.93 bits per heavy atom. The Bertz CT molecular complexity index is 777. The average molecular weight is 422 g/mol. The Kier molecular flexibility index (Phi) is 7.83. The van der Waals surface area contributed by atoms with Gasteiger partial charge in [0.2, 0.25) is 0 Å². The van der Waals surface area contributed by atoms with Gasteiger partial charge in [-0.1, -0.05) is 31.9 Å². The minimum absolute atomic E-state index is 0.209. The van der Waals surface area contributed by atoms with E-state index in [1.165, 1.54) is 43.9 Å². The fourth-order valence-corrected chi connectivity index (χ4v) is 4.25. The molecule has 1 spiro atoms. The summed E-state index contributed by atoms with van der Waals surface area (Å²) in [4.78, 5) is 8.00. The summed E-state index contributed by atoms with van der Waals surface area (Å²) in [6.45, 7) is 3.87. The lowest BCUT2D eigenvalue weighted by Crippen LogP contribution is -2.36. The Morgan fingerprint density at radius 1 is 1.13 bits per heavy atom. The molecule has 0 radical (unpaired) electrons. The Morgan fingerprint density at radius 3 is 2.60 bits per heavy atom. The van der Waals surface area contributed by atoms with Crippen LogP contribution in [0.4, 0.5) is 13.2 Å². The van der Waals surface area contributed by atoms with E-state index in [1.807, 2.05) is 19.2 Å². The fraction of sp³-hybridized carbons (Fsp3) is 0.565. The molecule has 2 aromatic heterocycles. The van der Waals surface area contributed by atoms with Crippen molar-refractivity contribution in [2.45, 2.75) is 69.7 Å². The van der Waals surface area contributed by atoms with Gasteiger partial charge < -0.3 is 10.1 Å². The molecule has 1 N–H and O–H groups in total. The Labute approximate surface area is 176 Å². The molecule has 1 aliphatic carbocycles. The molecule has 4 rings (SSSR count). The molecule has 4 nitrogen and oxygen atoms in total. The number of rotatable bonds is 4. The highest BCUT2D eigenvalue weighted by Gasteiger charge is 2.40. The maximum absolute atomic E-state index is 12.2. The summed E-state index contributed by atoms with van der Waals surface area (Å²) in [6, 6.07) is 10.2. The number of aromatic nitrogens is 2. The summed E-state index contributed by atoms with van der Waals surface area (Å²) >= 11 is 0. The van der Waals surface area contributed by atoms with Crippen LogP contribution in [0, 0.1) is 0 Å². The largest absolute Gasteiger partial charge is 0.433 e. The van der Waals surface area contributed by atoms with Crippen molar-refractivity contribution < 1.29 is 17.9 Å². The number of pyridine rings is 2. The SMILES string of the molecule is CCNCc1cccc(C(F)(F)F)n1.c1ccc(C2CCOC3(CCCC3)C2)nc1. The van der Waals surface area contributed by atoms with E-state index in [4.69, 9.17) is 4.74 Å². The molecule has 1 aliphatic heterocycles. The van der Waals surface area contributed by atoms with Crippen LogP contribution in [0.15, 0.2) is 42.6 Å². The minimum Gasteiger partial charge on any atom is -0.375 e. The van der Waals surface area contributed by atoms with Gasteiger partial charge in [0.25, 0.3) is 0 Å². The zero-order valence-corrected chi connectivity index (χ0v) is 17.4. The van der Waals surface area contributed by atoms with Gasteiger partial charge in [-0.05, 0) is 56.5 Å². The zero-order valence-electron chi connectivity index (χ0n) is 17.4. The molecular formula is C23H30F3N3O. The van der Waals surface area contributed by atoms with Crippen molar-refractivity contribution in [2.24, 2.45) is 0 Å². The molecule has 0 amide bonds. The highest BCUT2D eigenvalue weighted by molar-refractivity contribution is 5.14. The molecule has 1 saturated heterocycles. The summed E-state index contributed by atoms with van der Waals surface area (Å²) < 4.78 is 42.7. The van der Waals surface area contributed by atoms with E-state index in [9.17, 15) is 13.2 Å². The molecule has 7 heteroatoms. The van der Waals surface area contributed by atoms with E-state index in [1.54, 1.807) is 6.07 Å². The van der Waals surface area contributed by atoms with Crippen LogP contribution in [0.25, 0.3) is 0 Å². The van der Waals surface area contributed by atoms with E-state index in [0.717, 1.165) is 19.1 Å². The Hall–Kier alpha value is -1.99. The highest BCUT2D eigenvalue weighted by Crippen LogP contribution is 2.44. The van der Waals surface area contributed by atoms with E-state index in [-0.39, 0.29) is 5.60 Å². The van der Waals surface area contributed by atoms with E-state index < -0.39 is 11.9 Å². The fourth-order valence-electron chi connectivity index (χ4n) is 4.25. The highest BCUT2D eigenvalue weighted by atomic mass is 19.4. The van der Waals surface area contributed by atoms with Crippen LogP contribution in [0.5, 0.6) is 0 Å². The van der Waals surface area contributed by atoms with Gasteiger partial charge in [0.05, 0.1) is 11.3 Å². The van der Waals surface area contributed by atoms with Crippen LogP contribution in [0.2, 0.25) is 0 Å². The number of nitrogens with zero attached hydrogens (tertiary/aromatic N) is 2. The third-order valence-electron chi connectivity index (χ3n) is 5.77. The van der Waals surface area contributed by atoms with Crippen molar-refractivity contribution in [3.63, 3.8) is 0 Å². The molecular weight excluding hydrogens is 391 g/mol. The molecule has 2 aliphatic rings. The number of nitrogens with one attached hydrogen (secondary N) is 1. The molecule has 2 aromatic rings. The topological polar surface area (TPSA) is 47.0 Å². The van der Waals surface area contributed by atoms with E-state index in [0.29, 0.717) is 24.7 Å². The van der Waals surface area contributed by atoms with Crippen LogP contribution in [0.3, 0.4) is 0 Å². The van der Waals surface area contributed by atoms with Crippen LogP contribution in [-0.4, -0.2) is 28.7 Å². The number of hydrogen-bond acceptors (Lipinski definition) is 4. The normalized spacial score (nSPS) is 20.6. The number of hydrogen-bond donors (Lipinski definition) is 1. The molecule has 0 aromatic carbocycles. The summed E-state index contributed by atoms with van der Waals surface area (Å²) in [6.07, 6.45) is 5.08. The molecule has 1 atom stereocenters. The summed E-state index contributed by atoms with van der Waals surface area (Å²) in [5.74, 6) is 0.619. The van der Waals surface area contributed by atoms with Crippen LogP contribution < -0.4 is 5.32 Å². The molecule has 3 heterocycles. The van der Waals surface area contributed by atoms with Gasteiger partial charge in [0.15, 0.2) is 0 Å². The molecule has 164 valence electrons. The number of ether oxygens (including phenoxy) is 1. The summed E-state index contributed by atoms with van der Waals surface area (Å²) in [5.41, 5.74) is 1.03. The van der Waals surface area contributed by atoms with Crippen LogP contribution >= 0.6 is 0 Å². The third kappa shape index (κ3) is 6.25. The van der Waals surface area contributed by atoms with Crippen molar-refractivity contribution in [1.82, 2.24) is 15.3 Å². The van der Waals surface area contributed by atoms with Crippen LogP contribution in [0.1, 0.15) is 68.4 Å². The average Bonchev–Trinajstić information content (AvgIpc) is 3.20. The molecule has 1 unspecified atom stereocenters. The van der Waals surface area contributed by atoms with Gasteiger partial charge in [-0.3, -0.25) is 4.98 Å². The van der Waals surface area contributed by atoms with Crippen LogP contribution in [-0.2, 0) is 17.5 Å². The van der Waals surface area contributed by atoms with Crippen molar-refractivity contribution >= 4 is 0 Å². The van der Waals surface area contributed by atoms with Crippen molar-refractivity contribution in [3.05, 3.63) is 59.7 Å². The first-order valence-electron chi connectivity index (χ1n) is 10.7. The number of alkyl halides is 3. The summed E-state index contributed by atoms with van der Waals surface area (Å²) in [5, 5.41) is 2.91. The van der Waals surface area contributed by atoms with Gasteiger partial charge >= 0.3 is 6.18 Å². The Balaban J connectivity index is 0.000000173. The van der Waals surface area contributed by atoms with Gasteiger partial charge in [-0.25, -0.2) is 4.98 Å². The quantitative estimate of drug-likeness (QED) is 0.708. The third-order valence-corrected chi connectivity index (χ3v) is 5.77. The standard InChI is InChI=1S/C14H19NO.C9H11F3N2/c1-4-9-15-13(5-1)12-6-10-16-14(11-12)7-2-3-8-14;1-2-13-6-7-4-3-5-8(14-7)9(10,11)12/h1,4-5,9,12H,2-3,6-8,10-11H2;3-5,13H,2,6H2,1H3. The van der Waals surface area contributed by atoms with Gasteiger partial charge in [0.1, 0.15) is 5.69 Å². The molecule has 1 saturated carbocycles. The maximum Gasteiger partial charge on any atom is 0.433 e. The van der Waals surface area contributed by atoms with Crippen molar-refractivity contribution in [3.8, 4) is 0 Å². The minimum atomic E-state index is -4.36. The van der Waals surface area contributed by atoms with Gasteiger partial charge in [0, 0.05) is 31.0 Å². The second kappa shape index (κ2) is 10.4. The number of halogens is 3. The zero-order chi connectivity index (χ0) is 21.5. The predicted molar refractivity (Wildman–Crippen MR) is 110 cm³/mol. The summed E-state index contributed by atoms with van der Waals surface area (Å²) in [7, 11) is 0.